The molecule has 112 valence electrons. The average molecular weight is 301 g/mol. The standard InChI is InChI=1S/C13H19NO5S/c1-13(2,9-15)8-14-20(17,18)11-6-4-5-10(7-11)12(16)19-3/h4-7,14-15H,8-9H2,1-3H3. The third-order valence-corrected chi connectivity index (χ3v) is 4.13. The van der Waals surface area contributed by atoms with Crippen molar-refractivity contribution >= 4 is 16.0 Å². The molecule has 0 spiro atoms. The molecule has 0 aromatic heterocycles. The van der Waals surface area contributed by atoms with Crippen LogP contribution in [0.1, 0.15) is 24.2 Å². The van der Waals surface area contributed by atoms with Crippen LogP contribution in [-0.4, -0.2) is 39.8 Å². The smallest absolute Gasteiger partial charge is 0.337 e. The third-order valence-electron chi connectivity index (χ3n) is 2.73. The SMILES string of the molecule is COC(=O)c1cccc(S(=O)(=O)NCC(C)(C)CO)c1. The van der Waals surface area contributed by atoms with Gasteiger partial charge in [0.15, 0.2) is 0 Å². The fraction of sp³-hybridized carbons (Fsp3) is 0.462. The van der Waals surface area contributed by atoms with E-state index in [4.69, 9.17) is 5.11 Å². The van der Waals surface area contributed by atoms with Gasteiger partial charge in [-0.2, -0.15) is 0 Å². The fourth-order valence-corrected chi connectivity index (χ4v) is 2.62. The number of aliphatic hydroxyl groups is 1. The number of rotatable bonds is 6. The largest absolute Gasteiger partial charge is 0.465 e. The molecule has 1 rings (SSSR count). The van der Waals surface area contributed by atoms with E-state index in [0.29, 0.717) is 0 Å². The van der Waals surface area contributed by atoms with E-state index in [9.17, 15) is 13.2 Å². The van der Waals surface area contributed by atoms with Crippen molar-refractivity contribution in [3.05, 3.63) is 29.8 Å². The van der Waals surface area contributed by atoms with Gasteiger partial charge in [-0.25, -0.2) is 17.9 Å². The summed E-state index contributed by atoms with van der Waals surface area (Å²) >= 11 is 0. The molecule has 0 radical (unpaired) electrons. The lowest BCUT2D eigenvalue weighted by atomic mass is 9.96. The molecule has 0 fully saturated rings. The van der Waals surface area contributed by atoms with Crippen molar-refractivity contribution in [3.63, 3.8) is 0 Å². The Kier molecular flexibility index (Phi) is 5.27. The van der Waals surface area contributed by atoms with Gasteiger partial charge in [0.25, 0.3) is 0 Å². The van der Waals surface area contributed by atoms with E-state index in [1.165, 1.54) is 31.4 Å². The Bertz CT molecular complexity index is 580. The van der Waals surface area contributed by atoms with Crippen molar-refractivity contribution in [3.8, 4) is 0 Å². The van der Waals surface area contributed by atoms with Crippen LogP contribution in [0.5, 0.6) is 0 Å². The van der Waals surface area contributed by atoms with E-state index in [-0.39, 0.29) is 23.6 Å². The Labute approximate surface area is 118 Å². The summed E-state index contributed by atoms with van der Waals surface area (Å²) in [5.74, 6) is -0.599. The molecule has 6 nitrogen and oxygen atoms in total. The number of hydrogen-bond acceptors (Lipinski definition) is 5. The number of sulfonamides is 1. The molecule has 1 aromatic carbocycles. The lowest BCUT2D eigenvalue weighted by Crippen LogP contribution is -2.36. The van der Waals surface area contributed by atoms with Gasteiger partial charge in [0.05, 0.1) is 17.6 Å². The van der Waals surface area contributed by atoms with E-state index in [1.807, 2.05) is 0 Å². The predicted octanol–water partition coefficient (Wildman–Crippen LogP) is 0.770. The molecular formula is C13H19NO5S. The molecule has 7 heteroatoms. The average Bonchev–Trinajstić information content (AvgIpc) is 2.45. The Balaban J connectivity index is 2.96. The second-order valence-electron chi connectivity index (χ2n) is 5.17. The minimum Gasteiger partial charge on any atom is -0.465 e. The summed E-state index contributed by atoms with van der Waals surface area (Å²) in [6.45, 7) is 3.42. The minimum atomic E-state index is -3.74. The molecule has 0 amide bonds. The molecule has 0 heterocycles. The number of methoxy groups -OCH3 is 1. The molecule has 0 aliphatic carbocycles. The highest BCUT2D eigenvalue weighted by atomic mass is 32.2. The highest BCUT2D eigenvalue weighted by molar-refractivity contribution is 7.89. The van der Waals surface area contributed by atoms with Crippen molar-refractivity contribution < 1.29 is 23.1 Å². The molecule has 0 saturated heterocycles. The van der Waals surface area contributed by atoms with Crippen LogP contribution >= 0.6 is 0 Å². The first kappa shape index (κ1) is 16.6. The van der Waals surface area contributed by atoms with Gasteiger partial charge < -0.3 is 9.84 Å². The van der Waals surface area contributed by atoms with Gasteiger partial charge in [0.2, 0.25) is 10.0 Å². The molecule has 20 heavy (non-hydrogen) atoms. The number of nitrogens with one attached hydrogen (secondary N) is 1. The number of ether oxygens (including phenoxy) is 1. The van der Waals surface area contributed by atoms with Crippen molar-refractivity contribution in [2.75, 3.05) is 20.3 Å². The zero-order valence-electron chi connectivity index (χ0n) is 11.7. The molecule has 2 N–H and O–H groups in total. The topological polar surface area (TPSA) is 92.7 Å². The number of benzene rings is 1. The summed E-state index contributed by atoms with van der Waals surface area (Å²) in [5, 5.41) is 9.11. The molecule has 0 unspecified atom stereocenters. The predicted molar refractivity (Wildman–Crippen MR) is 73.8 cm³/mol. The monoisotopic (exact) mass is 301 g/mol. The summed E-state index contributed by atoms with van der Waals surface area (Å²) in [6.07, 6.45) is 0. The van der Waals surface area contributed by atoms with Gasteiger partial charge in [-0.3, -0.25) is 0 Å². The van der Waals surface area contributed by atoms with Gasteiger partial charge in [-0.1, -0.05) is 19.9 Å². The van der Waals surface area contributed by atoms with Crippen LogP contribution in [0.2, 0.25) is 0 Å². The Hall–Kier alpha value is -1.44. The lowest BCUT2D eigenvalue weighted by molar-refractivity contribution is 0.0600. The normalized spacial score (nSPS) is 12.2. The molecule has 1 aromatic rings. The highest BCUT2D eigenvalue weighted by Crippen LogP contribution is 2.16. The van der Waals surface area contributed by atoms with Crippen molar-refractivity contribution in [2.24, 2.45) is 5.41 Å². The Morgan fingerprint density at radius 3 is 2.60 bits per heavy atom. The maximum absolute atomic E-state index is 12.1. The maximum atomic E-state index is 12.1. The van der Waals surface area contributed by atoms with Crippen molar-refractivity contribution in [2.45, 2.75) is 18.7 Å². The van der Waals surface area contributed by atoms with E-state index in [0.717, 1.165) is 0 Å². The molecule has 0 saturated carbocycles. The quantitative estimate of drug-likeness (QED) is 0.757. The molecule has 0 aliphatic heterocycles. The first-order valence-corrected chi connectivity index (χ1v) is 7.49. The van der Waals surface area contributed by atoms with Crippen molar-refractivity contribution in [1.82, 2.24) is 4.72 Å². The van der Waals surface area contributed by atoms with E-state index >= 15 is 0 Å². The van der Waals surface area contributed by atoms with Gasteiger partial charge in [0, 0.05) is 18.6 Å². The first-order valence-electron chi connectivity index (χ1n) is 6.01. The zero-order valence-corrected chi connectivity index (χ0v) is 12.5. The van der Waals surface area contributed by atoms with Crippen LogP contribution in [0, 0.1) is 5.41 Å². The van der Waals surface area contributed by atoms with Gasteiger partial charge >= 0.3 is 5.97 Å². The first-order chi connectivity index (χ1) is 9.22. The molecule has 0 bridgehead atoms. The van der Waals surface area contributed by atoms with Crippen LogP contribution in [0.4, 0.5) is 0 Å². The second-order valence-corrected chi connectivity index (χ2v) is 6.93. The number of carbonyl (C=O) groups is 1. The van der Waals surface area contributed by atoms with Gasteiger partial charge in [-0.15, -0.1) is 0 Å². The minimum absolute atomic E-state index is 0.0193. The Morgan fingerprint density at radius 2 is 2.05 bits per heavy atom. The van der Waals surface area contributed by atoms with Crippen LogP contribution in [0.15, 0.2) is 29.2 Å². The van der Waals surface area contributed by atoms with E-state index in [1.54, 1.807) is 13.8 Å². The second kappa shape index (κ2) is 6.34. The van der Waals surface area contributed by atoms with Crippen LogP contribution in [0.25, 0.3) is 0 Å². The summed E-state index contributed by atoms with van der Waals surface area (Å²) in [5.41, 5.74) is -0.399. The number of aliphatic hydroxyl groups excluding tert-OH is 1. The summed E-state index contributed by atoms with van der Waals surface area (Å²) in [4.78, 5) is 11.4. The maximum Gasteiger partial charge on any atom is 0.337 e. The van der Waals surface area contributed by atoms with E-state index < -0.39 is 21.4 Å². The zero-order chi connectivity index (χ0) is 15.4. The van der Waals surface area contributed by atoms with E-state index in [2.05, 4.69) is 9.46 Å². The number of esters is 1. The third kappa shape index (κ3) is 4.29. The Morgan fingerprint density at radius 1 is 1.40 bits per heavy atom. The lowest BCUT2D eigenvalue weighted by Gasteiger charge is -2.21. The summed E-state index contributed by atoms with van der Waals surface area (Å²) < 4.78 is 31.2. The molecular weight excluding hydrogens is 282 g/mol. The summed E-state index contributed by atoms with van der Waals surface area (Å²) in [6, 6.07) is 5.58. The van der Waals surface area contributed by atoms with Crippen LogP contribution in [0.3, 0.4) is 0 Å². The fourth-order valence-electron chi connectivity index (χ4n) is 1.34. The van der Waals surface area contributed by atoms with Crippen LogP contribution in [-0.2, 0) is 14.8 Å². The highest BCUT2D eigenvalue weighted by Gasteiger charge is 2.22. The summed E-state index contributed by atoms with van der Waals surface area (Å²) in [7, 11) is -2.51. The number of hydrogen-bond donors (Lipinski definition) is 2. The molecule has 0 aliphatic rings. The molecule has 0 atom stereocenters. The van der Waals surface area contributed by atoms with Gasteiger partial charge in [0.1, 0.15) is 0 Å². The van der Waals surface area contributed by atoms with Crippen molar-refractivity contribution in [1.29, 1.82) is 0 Å². The van der Waals surface area contributed by atoms with Crippen LogP contribution < -0.4 is 4.72 Å². The van der Waals surface area contributed by atoms with Gasteiger partial charge in [-0.05, 0) is 18.2 Å². The number of carbonyl (C=O) groups excluding carboxylic acids is 1.